The molecule has 1 aliphatic rings. The zero-order valence-electron chi connectivity index (χ0n) is 13.5. The highest BCUT2D eigenvalue weighted by atomic mass is 16.5. The molecule has 0 aromatic heterocycles. The average Bonchev–Trinajstić information content (AvgIpc) is 2.44. The molecule has 0 atom stereocenters. The van der Waals surface area contributed by atoms with E-state index in [1.807, 2.05) is 7.05 Å². The van der Waals surface area contributed by atoms with Crippen molar-refractivity contribution in [3.8, 4) is 0 Å². The molecule has 118 valence electrons. The Labute approximate surface area is 123 Å². The first kappa shape index (κ1) is 17.2. The van der Waals surface area contributed by atoms with Gasteiger partial charge in [0.25, 0.3) is 0 Å². The summed E-state index contributed by atoms with van der Waals surface area (Å²) in [5.41, 5.74) is 0. The van der Waals surface area contributed by atoms with Gasteiger partial charge in [-0.05, 0) is 40.0 Å². The molecule has 5 nitrogen and oxygen atoms in total. The van der Waals surface area contributed by atoms with Gasteiger partial charge in [-0.25, -0.2) is 0 Å². The summed E-state index contributed by atoms with van der Waals surface area (Å²) < 4.78 is 11.2. The number of hydrogen-bond acceptors (Lipinski definition) is 3. The van der Waals surface area contributed by atoms with Crippen molar-refractivity contribution < 1.29 is 9.47 Å². The fourth-order valence-electron chi connectivity index (χ4n) is 2.39. The molecule has 0 saturated carbocycles. The lowest BCUT2D eigenvalue weighted by Crippen LogP contribution is -2.47. The minimum Gasteiger partial charge on any atom is -0.379 e. The number of piperidine rings is 1. The third-order valence-corrected chi connectivity index (χ3v) is 3.41. The SMILES string of the molecule is CCOC1CCN(C(=NC)NCCCOC(C)C)CC1. The number of nitrogens with one attached hydrogen (secondary N) is 1. The number of hydrogen-bond donors (Lipinski definition) is 1. The van der Waals surface area contributed by atoms with Gasteiger partial charge < -0.3 is 19.7 Å². The van der Waals surface area contributed by atoms with E-state index in [0.29, 0.717) is 12.2 Å². The second-order valence-electron chi connectivity index (χ2n) is 5.39. The number of ether oxygens (including phenoxy) is 2. The molecule has 1 aliphatic heterocycles. The standard InChI is InChI=1S/C15H31N3O2/c1-5-19-14-7-10-18(11-8-14)15(16-4)17-9-6-12-20-13(2)3/h13-14H,5-12H2,1-4H3,(H,16,17). The van der Waals surface area contributed by atoms with Gasteiger partial charge in [-0.15, -0.1) is 0 Å². The Bertz CT molecular complexity index is 274. The van der Waals surface area contributed by atoms with Crippen LogP contribution in [-0.2, 0) is 9.47 Å². The molecular weight excluding hydrogens is 254 g/mol. The molecule has 0 aliphatic carbocycles. The second kappa shape index (κ2) is 10.00. The quantitative estimate of drug-likeness (QED) is 0.441. The van der Waals surface area contributed by atoms with E-state index < -0.39 is 0 Å². The van der Waals surface area contributed by atoms with Crippen LogP contribution in [0.15, 0.2) is 4.99 Å². The number of likely N-dealkylation sites (tertiary alicyclic amines) is 1. The van der Waals surface area contributed by atoms with Gasteiger partial charge >= 0.3 is 0 Å². The topological polar surface area (TPSA) is 46.1 Å². The molecule has 0 spiro atoms. The van der Waals surface area contributed by atoms with Crippen molar-refractivity contribution in [3.63, 3.8) is 0 Å². The van der Waals surface area contributed by atoms with Gasteiger partial charge in [0.15, 0.2) is 5.96 Å². The zero-order valence-corrected chi connectivity index (χ0v) is 13.5. The third-order valence-electron chi connectivity index (χ3n) is 3.41. The second-order valence-corrected chi connectivity index (χ2v) is 5.39. The number of nitrogens with zero attached hydrogens (tertiary/aromatic N) is 2. The lowest BCUT2D eigenvalue weighted by atomic mass is 10.1. The Kier molecular flexibility index (Phi) is 8.62. The molecule has 0 aromatic carbocycles. The number of guanidine groups is 1. The van der Waals surface area contributed by atoms with Crippen LogP contribution < -0.4 is 5.32 Å². The normalized spacial score (nSPS) is 17.9. The van der Waals surface area contributed by atoms with Gasteiger partial charge in [-0.3, -0.25) is 4.99 Å². The summed E-state index contributed by atoms with van der Waals surface area (Å²) in [5.74, 6) is 1.00. The van der Waals surface area contributed by atoms with Gasteiger partial charge in [0, 0.05) is 39.9 Å². The fraction of sp³-hybridized carbons (Fsp3) is 0.933. The Hall–Kier alpha value is -0.810. The van der Waals surface area contributed by atoms with Crippen LogP contribution in [0.4, 0.5) is 0 Å². The molecule has 0 bridgehead atoms. The van der Waals surface area contributed by atoms with Crippen LogP contribution in [0.3, 0.4) is 0 Å². The molecule has 20 heavy (non-hydrogen) atoms. The largest absolute Gasteiger partial charge is 0.379 e. The highest BCUT2D eigenvalue weighted by molar-refractivity contribution is 5.79. The molecular formula is C15H31N3O2. The average molecular weight is 285 g/mol. The molecule has 5 heteroatoms. The summed E-state index contributed by atoms with van der Waals surface area (Å²) in [5, 5.41) is 3.41. The lowest BCUT2D eigenvalue weighted by molar-refractivity contribution is 0.0263. The Morgan fingerprint density at radius 2 is 2.05 bits per heavy atom. The molecule has 0 aromatic rings. The molecule has 1 rings (SSSR count). The van der Waals surface area contributed by atoms with Crippen LogP contribution in [0.5, 0.6) is 0 Å². The smallest absolute Gasteiger partial charge is 0.193 e. The molecule has 0 unspecified atom stereocenters. The molecule has 1 heterocycles. The maximum absolute atomic E-state index is 5.68. The van der Waals surface area contributed by atoms with E-state index in [1.165, 1.54) is 0 Å². The van der Waals surface area contributed by atoms with E-state index in [0.717, 1.165) is 58.1 Å². The van der Waals surface area contributed by atoms with Crippen molar-refractivity contribution in [2.45, 2.75) is 52.2 Å². The van der Waals surface area contributed by atoms with E-state index >= 15 is 0 Å². The van der Waals surface area contributed by atoms with E-state index in [9.17, 15) is 0 Å². The first-order chi connectivity index (χ1) is 9.67. The van der Waals surface area contributed by atoms with Crippen molar-refractivity contribution >= 4 is 5.96 Å². The lowest BCUT2D eigenvalue weighted by Gasteiger charge is -2.34. The highest BCUT2D eigenvalue weighted by Gasteiger charge is 2.21. The van der Waals surface area contributed by atoms with Crippen LogP contribution in [0, 0.1) is 0 Å². The zero-order chi connectivity index (χ0) is 14.8. The maximum Gasteiger partial charge on any atom is 0.193 e. The van der Waals surface area contributed by atoms with E-state index in [-0.39, 0.29) is 0 Å². The molecule has 1 N–H and O–H groups in total. The molecule has 0 amide bonds. The summed E-state index contributed by atoms with van der Waals surface area (Å²) in [7, 11) is 1.85. The van der Waals surface area contributed by atoms with Gasteiger partial charge in [0.2, 0.25) is 0 Å². The summed E-state index contributed by atoms with van der Waals surface area (Å²) in [6, 6.07) is 0. The number of aliphatic imine (C=N–C) groups is 1. The van der Waals surface area contributed by atoms with Crippen LogP contribution in [0.1, 0.15) is 40.0 Å². The monoisotopic (exact) mass is 285 g/mol. The fourth-order valence-corrected chi connectivity index (χ4v) is 2.39. The van der Waals surface area contributed by atoms with Crippen LogP contribution >= 0.6 is 0 Å². The van der Waals surface area contributed by atoms with E-state index in [2.05, 4.69) is 36.0 Å². The molecule has 1 fully saturated rings. The van der Waals surface area contributed by atoms with Crippen LogP contribution in [-0.4, -0.2) is 63.0 Å². The highest BCUT2D eigenvalue weighted by Crippen LogP contribution is 2.13. The predicted octanol–water partition coefficient (Wildman–Crippen LogP) is 1.88. The molecule has 1 saturated heterocycles. The Morgan fingerprint density at radius 1 is 1.35 bits per heavy atom. The van der Waals surface area contributed by atoms with Crippen molar-refractivity contribution in [3.05, 3.63) is 0 Å². The first-order valence-electron chi connectivity index (χ1n) is 7.86. The van der Waals surface area contributed by atoms with E-state index in [1.54, 1.807) is 0 Å². The van der Waals surface area contributed by atoms with Crippen molar-refractivity contribution in [2.24, 2.45) is 4.99 Å². The van der Waals surface area contributed by atoms with Gasteiger partial charge in [0.1, 0.15) is 0 Å². The van der Waals surface area contributed by atoms with Crippen molar-refractivity contribution in [1.82, 2.24) is 10.2 Å². The number of rotatable bonds is 7. The summed E-state index contributed by atoms with van der Waals surface area (Å²) in [6.45, 7) is 10.8. The summed E-state index contributed by atoms with van der Waals surface area (Å²) >= 11 is 0. The minimum absolute atomic E-state index is 0.312. The van der Waals surface area contributed by atoms with Gasteiger partial charge in [-0.2, -0.15) is 0 Å². The Morgan fingerprint density at radius 3 is 2.60 bits per heavy atom. The first-order valence-corrected chi connectivity index (χ1v) is 7.86. The Balaban J connectivity index is 2.20. The predicted molar refractivity (Wildman–Crippen MR) is 83.3 cm³/mol. The van der Waals surface area contributed by atoms with Gasteiger partial charge in [-0.1, -0.05) is 0 Å². The van der Waals surface area contributed by atoms with Gasteiger partial charge in [0.05, 0.1) is 12.2 Å². The third kappa shape index (κ3) is 6.57. The molecule has 0 radical (unpaired) electrons. The van der Waals surface area contributed by atoms with Crippen LogP contribution in [0.25, 0.3) is 0 Å². The summed E-state index contributed by atoms with van der Waals surface area (Å²) in [6.07, 6.45) is 3.92. The summed E-state index contributed by atoms with van der Waals surface area (Å²) in [4.78, 5) is 6.68. The van der Waals surface area contributed by atoms with Crippen molar-refractivity contribution in [1.29, 1.82) is 0 Å². The minimum atomic E-state index is 0.312. The van der Waals surface area contributed by atoms with E-state index in [4.69, 9.17) is 9.47 Å². The van der Waals surface area contributed by atoms with Crippen LogP contribution in [0.2, 0.25) is 0 Å². The van der Waals surface area contributed by atoms with Crippen molar-refractivity contribution in [2.75, 3.05) is 39.9 Å². The maximum atomic E-state index is 5.68.